The van der Waals surface area contributed by atoms with Gasteiger partial charge in [-0.15, -0.1) is 0 Å². The zero-order valence-corrected chi connectivity index (χ0v) is 15.8. The van der Waals surface area contributed by atoms with Crippen LogP contribution in [-0.2, 0) is 4.79 Å². The fraction of sp³-hybridized carbons (Fsp3) is 0.176. The van der Waals surface area contributed by atoms with Crippen molar-refractivity contribution in [3.05, 3.63) is 57.7 Å². The average molecular weight is 416 g/mol. The number of carbonyl (C=O) groups is 1. The van der Waals surface area contributed by atoms with E-state index in [1.807, 2.05) is 0 Å². The topological polar surface area (TPSA) is 169 Å². The van der Waals surface area contributed by atoms with E-state index in [0.717, 1.165) is 6.07 Å². The average Bonchev–Trinajstić information content (AvgIpc) is 3.09. The van der Waals surface area contributed by atoms with Gasteiger partial charge in [0.25, 0.3) is 17.3 Å². The van der Waals surface area contributed by atoms with Crippen molar-refractivity contribution in [3.8, 4) is 22.8 Å². The molecule has 2 N–H and O–H groups in total. The number of hydrazine groups is 1. The third-order valence-electron chi connectivity index (χ3n) is 3.92. The largest absolute Gasteiger partial charge is 0.493 e. The van der Waals surface area contributed by atoms with Gasteiger partial charge in [-0.3, -0.25) is 35.4 Å². The minimum atomic E-state index is -0.672. The van der Waals surface area contributed by atoms with E-state index in [4.69, 9.17) is 9.47 Å². The van der Waals surface area contributed by atoms with Crippen molar-refractivity contribution in [1.29, 1.82) is 0 Å². The van der Waals surface area contributed by atoms with E-state index >= 15 is 0 Å². The molecule has 0 radical (unpaired) electrons. The van der Waals surface area contributed by atoms with Crippen LogP contribution in [0.4, 0.5) is 11.4 Å². The summed E-state index contributed by atoms with van der Waals surface area (Å²) >= 11 is 0. The molecule has 1 aromatic carbocycles. The van der Waals surface area contributed by atoms with E-state index < -0.39 is 23.1 Å². The van der Waals surface area contributed by atoms with Crippen LogP contribution in [0.3, 0.4) is 0 Å². The lowest BCUT2D eigenvalue weighted by Gasteiger charge is -2.12. The molecule has 30 heavy (non-hydrogen) atoms. The Morgan fingerprint density at radius 1 is 1.37 bits per heavy atom. The third kappa shape index (κ3) is 4.35. The van der Waals surface area contributed by atoms with Crippen molar-refractivity contribution in [1.82, 2.24) is 15.6 Å². The number of pyridine rings is 1. The highest BCUT2D eigenvalue weighted by Gasteiger charge is 2.29. The van der Waals surface area contributed by atoms with Crippen LogP contribution < -0.4 is 25.2 Å². The Morgan fingerprint density at radius 2 is 2.17 bits per heavy atom. The van der Waals surface area contributed by atoms with Gasteiger partial charge in [-0.2, -0.15) is 0 Å². The minimum Gasteiger partial charge on any atom is -0.493 e. The van der Waals surface area contributed by atoms with Crippen LogP contribution in [0, 0.1) is 22.2 Å². The normalized spacial score (nSPS) is 10.3. The van der Waals surface area contributed by atoms with E-state index in [-0.39, 0.29) is 33.4 Å². The Balaban J connectivity index is 1.79. The first-order valence-electron chi connectivity index (χ1n) is 8.41. The standard InChI is InChI=1S/C17H16N6O7/c1-10-17(21-30-23(10)27)12-6-14(28-2)15(7-13(12)22(25)26)29-9-16(24)20-19-11-4-3-5-18-8-11/h3-8,19H,9H2,1-2H3,(H,20,24). The summed E-state index contributed by atoms with van der Waals surface area (Å²) in [7, 11) is 1.32. The smallest absolute Gasteiger partial charge is 0.285 e. The zero-order valence-electron chi connectivity index (χ0n) is 15.8. The van der Waals surface area contributed by atoms with Gasteiger partial charge in [0.1, 0.15) is 5.56 Å². The van der Waals surface area contributed by atoms with E-state index in [1.54, 1.807) is 18.3 Å². The summed E-state index contributed by atoms with van der Waals surface area (Å²) in [6, 6.07) is 5.74. The molecule has 0 aliphatic heterocycles. The molecule has 2 aromatic heterocycles. The number of nitro benzene ring substituents is 1. The number of carbonyl (C=O) groups excluding carboxylic acids is 1. The molecule has 0 spiro atoms. The first-order valence-corrected chi connectivity index (χ1v) is 8.41. The molecule has 156 valence electrons. The van der Waals surface area contributed by atoms with Gasteiger partial charge in [-0.05, 0) is 17.0 Å². The molecule has 0 aliphatic rings. The lowest BCUT2D eigenvalue weighted by Crippen LogP contribution is -2.33. The molecule has 0 unspecified atom stereocenters. The molecule has 1 amide bonds. The number of amides is 1. The van der Waals surface area contributed by atoms with Crippen molar-refractivity contribution in [2.45, 2.75) is 6.92 Å². The number of anilines is 1. The van der Waals surface area contributed by atoms with Crippen molar-refractivity contribution in [2.24, 2.45) is 0 Å². The number of methoxy groups -OCH3 is 1. The summed E-state index contributed by atoms with van der Waals surface area (Å²) in [6.07, 6.45) is 3.08. The number of nitrogens with one attached hydrogen (secondary N) is 2. The molecular weight excluding hydrogens is 400 g/mol. The number of aromatic nitrogens is 3. The number of ether oxygens (including phenoxy) is 2. The fourth-order valence-electron chi connectivity index (χ4n) is 2.46. The maximum absolute atomic E-state index is 12.0. The van der Waals surface area contributed by atoms with Gasteiger partial charge in [-0.1, -0.05) is 0 Å². The van der Waals surface area contributed by atoms with Gasteiger partial charge in [0.05, 0.1) is 30.0 Å². The zero-order chi connectivity index (χ0) is 21.7. The maximum Gasteiger partial charge on any atom is 0.285 e. The number of hydrogen-bond donors (Lipinski definition) is 2. The van der Waals surface area contributed by atoms with E-state index in [1.165, 1.54) is 26.3 Å². The van der Waals surface area contributed by atoms with Gasteiger partial charge < -0.3 is 14.7 Å². The van der Waals surface area contributed by atoms with E-state index in [9.17, 15) is 20.1 Å². The molecule has 0 saturated heterocycles. The monoisotopic (exact) mass is 416 g/mol. The number of nitrogens with zero attached hydrogens (tertiary/aromatic N) is 4. The number of rotatable bonds is 8. The van der Waals surface area contributed by atoms with Crippen LogP contribution >= 0.6 is 0 Å². The Hall–Kier alpha value is -4.42. The number of hydrogen-bond acceptors (Lipinski definition) is 10. The molecule has 3 rings (SSSR count). The van der Waals surface area contributed by atoms with E-state index in [0.29, 0.717) is 5.69 Å². The number of benzene rings is 1. The van der Waals surface area contributed by atoms with Crippen molar-refractivity contribution in [2.75, 3.05) is 19.1 Å². The first-order chi connectivity index (χ1) is 14.4. The highest BCUT2D eigenvalue weighted by Crippen LogP contribution is 2.39. The summed E-state index contributed by atoms with van der Waals surface area (Å²) < 4.78 is 15.1. The van der Waals surface area contributed by atoms with Gasteiger partial charge in [0, 0.05) is 24.3 Å². The summed E-state index contributed by atoms with van der Waals surface area (Å²) in [4.78, 5) is 26.9. The van der Waals surface area contributed by atoms with Crippen LogP contribution in [0.5, 0.6) is 11.5 Å². The molecule has 0 saturated carbocycles. The second-order valence-corrected chi connectivity index (χ2v) is 5.84. The van der Waals surface area contributed by atoms with Gasteiger partial charge in [-0.25, -0.2) is 0 Å². The predicted molar refractivity (Wildman–Crippen MR) is 100 cm³/mol. The quantitative estimate of drug-likeness (QED) is 0.308. The predicted octanol–water partition coefficient (Wildman–Crippen LogP) is 1.12. The highest BCUT2D eigenvalue weighted by atomic mass is 16.8. The third-order valence-corrected chi connectivity index (χ3v) is 3.92. The Kier molecular flexibility index (Phi) is 5.91. The molecule has 13 heteroatoms. The maximum atomic E-state index is 12.0. The van der Waals surface area contributed by atoms with Crippen molar-refractivity contribution < 1.29 is 28.7 Å². The molecule has 0 aliphatic carbocycles. The van der Waals surface area contributed by atoms with Crippen LogP contribution in [0.25, 0.3) is 11.3 Å². The summed E-state index contributed by atoms with van der Waals surface area (Å²) in [6.45, 7) is 0.947. The van der Waals surface area contributed by atoms with Gasteiger partial charge >= 0.3 is 0 Å². The first kappa shape index (κ1) is 20.3. The summed E-state index contributed by atoms with van der Waals surface area (Å²) in [5.41, 5.74) is 5.23. The Labute approximate surface area is 168 Å². The Morgan fingerprint density at radius 3 is 2.77 bits per heavy atom. The second kappa shape index (κ2) is 8.72. The lowest BCUT2D eigenvalue weighted by atomic mass is 10.1. The molecular formula is C17H16N6O7. The van der Waals surface area contributed by atoms with Gasteiger partial charge in [0.15, 0.2) is 18.1 Å². The molecule has 2 heterocycles. The van der Waals surface area contributed by atoms with Crippen LogP contribution in [0.1, 0.15) is 5.69 Å². The van der Waals surface area contributed by atoms with Crippen molar-refractivity contribution >= 4 is 17.3 Å². The van der Waals surface area contributed by atoms with Crippen molar-refractivity contribution in [3.63, 3.8) is 0 Å². The van der Waals surface area contributed by atoms with E-state index in [2.05, 4.69) is 25.6 Å². The molecule has 0 fully saturated rings. The molecule has 13 nitrogen and oxygen atoms in total. The SMILES string of the molecule is COc1cc(-c2no[n+]([O-])c2C)c([N+](=O)[O-])cc1OCC(=O)NNc1cccnc1. The minimum absolute atomic E-state index is 0.00254. The fourth-order valence-corrected chi connectivity index (χ4v) is 2.46. The number of nitro groups is 1. The van der Waals surface area contributed by atoms with Gasteiger partial charge in [0.2, 0.25) is 5.69 Å². The van der Waals surface area contributed by atoms with Crippen LogP contribution in [0.2, 0.25) is 0 Å². The molecule has 0 atom stereocenters. The molecule has 0 bridgehead atoms. The lowest BCUT2D eigenvalue weighted by molar-refractivity contribution is -0.806. The summed E-state index contributed by atoms with van der Waals surface area (Å²) in [5.74, 6) is -0.489. The highest BCUT2D eigenvalue weighted by molar-refractivity contribution is 5.79. The Bertz CT molecular complexity index is 1070. The summed E-state index contributed by atoms with van der Waals surface area (Å²) in [5, 5.41) is 26.6. The van der Waals surface area contributed by atoms with Crippen LogP contribution in [0.15, 0.2) is 41.3 Å². The van der Waals surface area contributed by atoms with Crippen LogP contribution in [-0.4, -0.2) is 34.7 Å². The second-order valence-electron chi connectivity index (χ2n) is 5.84. The molecule has 3 aromatic rings.